The van der Waals surface area contributed by atoms with Crippen LogP contribution in [0.25, 0.3) is 21.9 Å². The van der Waals surface area contributed by atoms with Gasteiger partial charge in [0.2, 0.25) is 0 Å². The van der Waals surface area contributed by atoms with Crippen molar-refractivity contribution in [3.8, 4) is 11.1 Å². The van der Waals surface area contributed by atoms with Crippen LogP contribution in [0.15, 0.2) is 54.6 Å². The first-order valence-electron chi connectivity index (χ1n) is 7.00. The molecule has 0 N–H and O–H groups in total. The zero-order valence-electron chi connectivity index (χ0n) is 11.8. The number of hydrogen-bond donors (Lipinski definition) is 0. The molecule has 0 heterocycles. The van der Waals surface area contributed by atoms with Crippen LogP contribution in [-0.4, -0.2) is 6.29 Å². The number of aryl methyl sites for hydroxylation is 1. The second-order valence-electron chi connectivity index (χ2n) is 5.02. The molecule has 3 aromatic carbocycles. The third-order valence-corrected chi connectivity index (χ3v) is 3.81. The molecule has 104 valence electrons. The molecular weight excluding hydrogens is 263 g/mol. The number of benzene rings is 3. The molecule has 0 aliphatic rings. The van der Waals surface area contributed by atoms with Crippen molar-refractivity contribution in [1.29, 1.82) is 0 Å². The molecule has 0 unspecified atom stereocenters. The molecule has 0 saturated heterocycles. The minimum absolute atomic E-state index is 0.276. The number of fused-ring (bicyclic) bond motifs is 1. The molecule has 0 fully saturated rings. The molecule has 1 nitrogen and oxygen atoms in total. The zero-order valence-corrected chi connectivity index (χ0v) is 11.8. The van der Waals surface area contributed by atoms with Crippen molar-refractivity contribution >= 4 is 17.1 Å². The van der Waals surface area contributed by atoms with Gasteiger partial charge in [0.1, 0.15) is 5.82 Å². The minimum atomic E-state index is -0.276. The molecule has 0 saturated carbocycles. The molecule has 0 bridgehead atoms. The first-order valence-corrected chi connectivity index (χ1v) is 7.00. The van der Waals surface area contributed by atoms with E-state index in [1.165, 1.54) is 12.1 Å². The van der Waals surface area contributed by atoms with Gasteiger partial charge in [0, 0.05) is 11.1 Å². The van der Waals surface area contributed by atoms with Crippen LogP contribution in [-0.2, 0) is 6.42 Å². The van der Waals surface area contributed by atoms with Crippen LogP contribution in [0.2, 0.25) is 0 Å². The maximum Gasteiger partial charge on any atom is 0.150 e. The summed E-state index contributed by atoms with van der Waals surface area (Å²) in [5.74, 6) is -0.276. The maximum absolute atomic E-state index is 13.2. The fourth-order valence-electron chi connectivity index (χ4n) is 2.78. The minimum Gasteiger partial charge on any atom is -0.298 e. The molecule has 3 aromatic rings. The van der Waals surface area contributed by atoms with Crippen LogP contribution in [0.3, 0.4) is 0 Å². The average Bonchev–Trinajstić information content (AvgIpc) is 2.53. The highest BCUT2D eigenvalue weighted by Crippen LogP contribution is 2.34. The van der Waals surface area contributed by atoms with Gasteiger partial charge >= 0.3 is 0 Å². The Morgan fingerprint density at radius 1 is 1.05 bits per heavy atom. The Bertz CT molecular complexity index is 804. The second kappa shape index (κ2) is 5.49. The Kier molecular flexibility index (Phi) is 3.53. The first kappa shape index (κ1) is 13.5. The van der Waals surface area contributed by atoms with Crippen LogP contribution in [0, 0.1) is 5.82 Å². The molecule has 3 rings (SSSR count). The van der Waals surface area contributed by atoms with Gasteiger partial charge in [0.25, 0.3) is 0 Å². The quantitative estimate of drug-likeness (QED) is 0.615. The standard InChI is InChI=1S/C19H15FO/c1-2-13-11-15-5-3-4-6-17(15)19(18(13)12-21)14-7-9-16(20)10-8-14/h3-12H,2H2,1H3. The van der Waals surface area contributed by atoms with Crippen molar-refractivity contribution in [2.75, 3.05) is 0 Å². The summed E-state index contributed by atoms with van der Waals surface area (Å²) in [6.45, 7) is 2.03. The summed E-state index contributed by atoms with van der Waals surface area (Å²) in [7, 11) is 0. The van der Waals surface area contributed by atoms with Crippen LogP contribution in [0.4, 0.5) is 4.39 Å². The van der Waals surface area contributed by atoms with Crippen LogP contribution >= 0.6 is 0 Å². The summed E-state index contributed by atoms with van der Waals surface area (Å²) >= 11 is 0. The van der Waals surface area contributed by atoms with E-state index in [9.17, 15) is 9.18 Å². The third-order valence-electron chi connectivity index (χ3n) is 3.81. The average molecular weight is 278 g/mol. The van der Waals surface area contributed by atoms with Gasteiger partial charge in [-0.2, -0.15) is 0 Å². The summed E-state index contributed by atoms with van der Waals surface area (Å²) in [6.07, 6.45) is 1.69. The largest absolute Gasteiger partial charge is 0.298 e. The van der Waals surface area contributed by atoms with Crippen LogP contribution in [0.1, 0.15) is 22.8 Å². The lowest BCUT2D eigenvalue weighted by molar-refractivity contribution is 0.112. The number of carbonyl (C=O) groups is 1. The van der Waals surface area contributed by atoms with E-state index < -0.39 is 0 Å². The Balaban J connectivity index is 2.42. The molecule has 0 atom stereocenters. The summed E-state index contributed by atoms with van der Waals surface area (Å²) in [5, 5.41) is 2.11. The maximum atomic E-state index is 13.2. The van der Waals surface area contributed by atoms with Gasteiger partial charge in [-0.15, -0.1) is 0 Å². The highest BCUT2D eigenvalue weighted by atomic mass is 19.1. The van der Waals surface area contributed by atoms with Gasteiger partial charge in [-0.3, -0.25) is 4.79 Å². The fourth-order valence-corrected chi connectivity index (χ4v) is 2.78. The van der Waals surface area contributed by atoms with Gasteiger partial charge in [-0.1, -0.05) is 49.4 Å². The molecular formula is C19H15FO. The van der Waals surface area contributed by atoms with Gasteiger partial charge < -0.3 is 0 Å². The van der Waals surface area contributed by atoms with Crippen molar-refractivity contribution in [3.05, 3.63) is 71.5 Å². The van der Waals surface area contributed by atoms with E-state index in [2.05, 4.69) is 6.07 Å². The highest BCUT2D eigenvalue weighted by molar-refractivity contribution is 6.05. The fraction of sp³-hybridized carbons (Fsp3) is 0.105. The van der Waals surface area contributed by atoms with E-state index >= 15 is 0 Å². The van der Waals surface area contributed by atoms with E-state index in [-0.39, 0.29) is 5.82 Å². The van der Waals surface area contributed by atoms with Crippen molar-refractivity contribution in [3.63, 3.8) is 0 Å². The molecule has 2 heteroatoms. The molecule has 21 heavy (non-hydrogen) atoms. The molecule has 0 radical (unpaired) electrons. The topological polar surface area (TPSA) is 17.1 Å². The van der Waals surface area contributed by atoms with Gasteiger partial charge in [0.15, 0.2) is 6.29 Å². The van der Waals surface area contributed by atoms with Crippen molar-refractivity contribution in [2.24, 2.45) is 0 Å². The van der Waals surface area contributed by atoms with E-state index in [0.29, 0.717) is 5.56 Å². The van der Waals surface area contributed by atoms with E-state index in [1.807, 2.05) is 31.2 Å². The van der Waals surface area contributed by atoms with Gasteiger partial charge in [-0.05, 0) is 40.5 Å². The molecule has 0 aliphatic carbocycles. The van der Waals surface area contributed by atoms with Crippen molar-refractivity contribution in [2.45, 2.75) is 13.3 Å². The second-order valence-corrected chi connectivity index (χ2v) is 5.02. The van der Waals surface area contributed by atoms with Gasteiger partial charge in [-0.25, -0.2) is 4.39 Å². The monoisotopic (exact) mass is 278 g/mol. The Labute approximate surface area is 123 Å². The summed E-state index contributed by atoms with van der Waals surface area (Å²) in [5.41, 5.74) is 3.47. The van der Waals surface area contributed by atoms with Crippen LogP contribution < -0.4 is 0 Å². The Morgan fingerprint density at radius 2 is 1.76 bits per heavy atom. The normalized spacial score (nSPS) is 10.8. The number of carbonyl (C=O) groups excluding carboxylic acids is 1. The SMILES string of the molecule is CCc1cc2ccccc2c(-c2ccc(F)cc2)c1C=O. The lowest BCUT2D eigenvalue weighted by atomic mass is 9.89. The highest BCUT2D eigenvalue weighted by Gasteiger charge is 2.13. The van der Waals surface area contributed by atoms with E-state index in [0.717, 1.165) is 40.2 Å². The molecule has 0 spiro atoms. The predicted octanol–water partition coefficient (Wildman–Crippen LogP) is 5.02. The predicted molar refractivity (Wildman–Crippen MR) is 84.1 cm³/mol. The summed E-state index contributed by atoms with van der Waals surface area (Å²) in [6, 6.07) is 16.3. The summed E-state index contributed by atoms with van der Waals surface area (Å²) in [4.78, 5) is 11.6. The third kappa shape index (κ3) is 2.33. The number of halogens is 1. The first-order chi connectivity index (χ1) is 10.2. The summed E-state index contributed by atoms with van der Waals surface area (Å²) < 4.78 is 13.2. The van der Waals surface area contributed by atoms with E-state index in [1.54, 1.807) is 12.1 Å². The number of rotatable bonds is 3. The van der Waals surface area contributed by atoms with E-state index in [4.69, 9.17) is 0 Å². The molecule has 0 aliphatic heterocycles. The lowest BCUT2D eigenvalue weighted by Crippen LogP contribution is -1.97. The zero-order chi connectivity index (χ0) is 14.8. The number of aldehydes is 1. The molecule has 0 aromatic heterocycles. The van der Waals surface area contributed by atoms with Gasteiger partial charge in [0.05, 0.1) is 0 Å². The number of hydrogen-bond acceptors (Lipinski definition) is 1. The van der Waals surface area contributed by atoms with Crippen molar-refractivity contribution in [1.82, 2.24) is 0 Å². The van der Waals surface area contributed by atoms with Crippen molar-refractivity contribution < 1.29 is 9.18 Å². The Hall–Kier alpha value is -2.48. The Morgan fingerprint density at radius 3 is 2.43 bits per heavy atom. The molecule has 0 amide bonds. The van der Waals surface area contributed by atoms with Crippen LogP contribution in [0.5, 0.6) is 0 Å². The lowest BCUT2D eigenvalue weighted by Gasteiger charge is -2.14. The smallest absolute Gasteiger partial charge is 0.150 e.